The summed E-state index contributed by atoms with van der Waals surface area (Å²) in [4.78, 5) is 10.6. The van der Waals surface area contributed by atoms with Crippen LogP contribution in [0, 0.1) is 5.92 Å². The van der Waals surface area contributed by atoms with E-state index >= 15 is 0 Å². The van der Waals surface area contributed by atoms with Gasteiger partial charge in [0.25, 0.3) is 0 Å². The molecule has 0 bridgehead atoms. The second-order valence-electron chi connectivity index (χ2n) is 6.76. The highest BCUT2D eigenvalue weighted by molar-refractivity contribution is 7.13. The van der Waals surface area contributed by atoms with E-state index in [9.17, 15) is 0 Å². The molecule has 2 aromatic rings. The van der Waals surface area contributed by atoms with Gasteiger partial charge in [-0.3, -0.25) is 4.90 Å². The van der Waals surface area contributed by atoms with E-state index in [0.717, 1.165) is 49.4 Å². The molecule has 4 rings (SSSR count). The molecule has 0 aromatic carbocycles. The molecule has 0 atom stereocenters. The van der Waals surface area contributed by atoms with Gasteiger partial charge in [-0.2, -0.15) is 4.98 Å². The smallest absolute Gasteiger partial charge is 0.241 e. The quantitative estimate of drug-likeness (QED) is 0.892. The molecule has 4 heterocycles. The van der Waals surface area contributed by atoms with Gasteiger partial charge in [-0.25, -0.2) is 0 Å². The largest absolute Gasteiger partial charge is 0.338 e. The van der Waals surface area contributed by atoms with Gasteiger partial charge in [-0.1, -0.05) is 11.2 Å². The van der Waals surface area contributed by atoms with Gasteiger partial charge in [0, 0.05) is 32.7 Å². The van der Waals surface area contributed by atoms with Gasteiger partial charge in [-0.05, 0) is 43.3 Å². The molecule has 2 aliphatic heterocycles. The van der Waals surface area contributed by atoms with E-state index in [1.54, 1.807) is 11.3 Å². The van der Waals surface area contributed by atoms with Crippen LogP contribution in [0.4, 0.5) is 0 Å². The third-order valence-electron chi connectivity index (χ3n) is 5.01. The van der Waals surface area contributed by atoms with Crippen LogP contribution in [0.25, 0.3) is 10.7 Å². The molecule has 2 aromatic heterocycles. The van der Waals surface area contributed by atoms with Crippen LogP contribution < -0.4 is 5.32 Å². The van der Waals surface area contributed by atoms with Crippen molar-refractivity contribution in [2.75, 3.05) is 45.8 Å². The molecule has 0 unspecified atom stereocenters. The predicted octanol–water partition coefficient (Wildman–Crippen LogP) is 1.92. The van der Waals surface area contributed by atoms with Crippen molar-refractivity contribution in [1.29, 1.82) is 0 Å². The average Bonchev–Trinajstić information content (AvgIpc) is 3.29. The van der Waals surface area contributed by atoms with Crippen molar-refractivity contribution in [3.8, 4) is 10.7 Å². The molecule has 0 spiro atoms. The van der Waals surface area contributed by atoms with Crippen LogP contribution in [-0.4, -0.2) is 65.8 Å². The molecule has 0 aliphatic carbocycles. The van der Waals surface area contributed by atoms with E-state index in [4.69, 9.17) is 4.52 Å². The Morgan fingerprint density at radius 2 is 1.96 bits per heavy atom. The summed E-state index contributed by atoms with van der Waals surface area (Å²) in [5, 5.41) is 9.58. The van der Waals surface area contributed by atoms with E-state index in [0.29, 0.717) is 5.82 Å². The topological polar surface area (TPSA) is 57.4 Å². The number of rotatable bonds is 5. The van der Waals surface area contributed by atoms with Crippen molar-refractivity contribution in [1.82, 2.24) is 25.3 Å². The second kappa shape index (κ2) is 7.74. The summed E-state index contributed by atoms with van der Waals surface area (Å²) >= 11 is 1.64. The van der Waals surface area contributed by atoms with Crippen LogP contribution in [-0.2, 0) is 6.54 Å². The fourth-order valence-corrected chi connectivity index (χ4v) is 4.22. The van der Waals surface area contributed by atoms with Crippen LogP contribution in [0.2, 0.25) is 0 Å². The van der Waals surface area contributed by atoms with Gasteiger partial charge in [0.2, 0.25) is 11.7 Å². The molecule has 0 amide bonds. The number of aromatic nitrogens is 2. The summed E-state index contributed by atoms with van der Waals surface area (Å²) in [6, 6.07) is 4.04. The first-order valence-electron chi connectivity index (χ1n) is 8.89. The van der Waals surface area contributed by atoms with Crippen molar-refractivity contribution < 1.29 is 4.52 Å². The van der Waals surface area contributed by atoms with Gasteiger partial charge < -0.3 is 14.7 Å². The Morgan fingerprint density at radius 1 is 1.17 bits per heavy atom. The number of nitrogens with zero attached hydrogens (tertiary/aromatic N) is 4. The summed E-state index contributed by atoms with van der Waals surface area (Å²) in [5.41, 5.74) is 0. The lowest BCUT2D eigenvalue weighted by Crippen LogP contribution is -2.48. The Bertz CT molecular complexity index is 615. The van der Waals surface area contributed by atoms with Crippen molar-refractivity contribution in [2.45, 2.75) is 19.4 Å². The average molecular weight is 347 g/mol. The summed E-state index contributed by atoms with van der Waals surface area (Å²) in [6.07, 6.45) is 2.65. The highest BCUT2D eigenvalue weighted by atomic mass is 32.1. The molecule has 6 nitrogen and oxygen atoms in total. The summed E-state index contributed by atoms with van der Waals surface area (Å²) in [5.74, 6) is 2.32. The Morgan fingerprint density at radius 3 is 2.71 bits per heavy atom. The van der Waals surface area contributed by atoms with Gasteiger partial charge in [-0.15, -0.1) is 11.3 Å². The molecule has 2 aliphatic rings. The molecule has 2 fully saturated rings. The monoisotopic (exact) mass is 347 g/mol. The number of piperazine rings is 1. The third-order valence-corrected chi connectivity index (χ3v) is 5.87. The number of piperidine rings is 1. The predicted molar refractivity (Wildman–Crippen MR) is 94.9 cm³/mol. The second-order valence-corrected chi connectivity index (χ2v) is 7.71. The molecule has 0 radical (unpaired) electrons. The van der Waals surface area contributed by atoms with Gasteiger partial charge in [0.05, 0.1) is 11.4 Å². The van der Waals surface area contributed by atoms with E-state index in [2.05, 4.69) is 25.3 Å². The minimum Gasteiger partial charge on any atom is -0.338 e. The molecule has 1 N–H and O–H groups in total. The normalized spacial score (nSPS) is 21.3. The van der Waals surface area contributed by atoms with Crippen molar-refractivity contribution in [3.05, 3.63) is 23.4 Å². The van der Waals surface area contributed by atoms with Crippen LogP contribution in [0.1, 0.15) is 18.7 Å². The van der Waals surface area contributed by atoms with Crippen LogP contribution in [0.3, 0.4) is 0 Å². The lowest BCUT2D eigenvalue weighted by molar-refractivity contribution is 0.0990. The van der Waals surface area contributed by atoms with Gasteiger partial charge >= 0.3 is 0 Å². The molecule has 7 heteroatoms. The third kappa shape index (κ3) is 4.03. The van der Waals surface area contributed by atoms with Crippen LogP contribution in [0.15, 0.2) is 22.0 Å². The summed E-state index contributed by atoms with van der Waals surface area (Å²) < 4.78 is 5.42. The lowest BCUT2D eigenvalue weighted by Gasteiger charge is -2.36. The number of thiophene rings is 1. The van der Waals surface area contributed by atoms with E-state index in [-0.39, 0.29) is 0 Å². The maximum Gasteiger partial charge on any atom is 0.241 e. The Hall–Kier alpha value is -1.28. The van der Waals surface area contributed by atoms with Crippen LogP contribution >= 0.6 is 11.3 Å². The Kier molecular flexibility index (Phi) is 5.22. The minimum atomic E-state index is 0.713. The van der Waals surface area contributed by atoms with Crippen molar-refractivity contribution >= 4 is 11.3 Å². The fraction of sp³-hybridized carbons (Fsp3) is 0.647. The summed E-state index contributed by atoms with van der Waals surface area (Å²) in [6.45, 7) is 8.87. The molecular weight excluding hydrogens is 322 g/mol. The lowest BCUT2D eigenvalue weighted by atomic mass is 9.97. The van der Waals surface area contributed by atoms with E-state index in [1.807, 2.05) is 17.5 Å². The number of nitrogens with one attached hydrogen (secondary N) is 1. The highest BCUT2D eigenvalue weighted by Gasteiger charge is 2.22. The van der Waals surface area contributed by atoms with E-state index in [1.165, 1.54) is 32.5 Å². The van der Waals surface area contributed by atoms with Crippen molar-refractivity contribution in [3.63, 3.8) is 0 Å². The first kappa shape index (κ1) is 16.2. The fourth-order valence-electron chi connectivity index (χ4n) is 3.58. The maximum atomic E-state index is 5.42. The molecule has 24 heavy (non-hydrogen) atoms. The molecule has 130 valence electrons. The molecule has 0 saturated carbocycles. The standard InChI is InChI=1S/C17H25N5OS/c1-2-15(24-11-1)17-19-16(23-20-17)13-22-9-7-21(8-10-22)12-14-3-5-18-6-4-14/h1-2,11,14,18H,3-10,12-13H2. The Labute approximate surface area is 146 Å². The van der Waals surface area contributed by atoms with Gasteiger partial charge in [0.15, 0.2) is 0 Å². The molecule has 2 saturated heterocycles. The highest BCUT2D eigenvalue weighted by Crippen LogP contribution is 2.22. The zero-order chi connectivity index (χ0) is 16.2. The first-order chi connectivity index (χ1) is 11.9. The number of hydrogen-bond acceptors (Lipinski definition) is 7. The number of hydrogen-bond donors (Lipinski definition) is 1. The minimum absolute atomic E-state index is 0.713. The maximum absolute atomic E-state index is 5.42. The summed E-state index contributed by atoms with van der Waals surface area (Å²) in [7, 11) is 0. The Balaban J connectivity index is 1.24. The van der Waals surface area contributed by atoms with E-state index < -0.39 is 0 Å². The zero-order valence-corrected chi connectivity index (χ0v) is 14.8. The van der Waals surface area contributed by atoms with Gasteiger partial charge in [0.1, 0.15) is 0 Å². The SMILES string of the molecule is c1csc(-c2noc(CN3CCN(CC4CCNCC4)CC3)n2)c1. The first-order valence-corrected chi connectivity index (χ1v) is 9.77. The van der Waals surface area contributed by atoms with Crippen LogP contribution in [0.5, 0.6) is 0 Å². The van der Waals surface area contributed by atoms with Crippen molar-refractivity contribution in [2.24, 2.45) is 5.92 Å². The molecular formula is C17H25N5OS. The zero-order valence-electron chi connectivity index (χ0n) is 14.0.